The zero-order chi connectivity index (χ0) is 15.6. The van der Waals surface area contributed by atoms with Crippen molar-refractivity contribution >= 4 is 11.9 Å². The zero-order valence-electron chi connectivity index (χ0n) is 13.7. The van der Waals surface area contributed by atoms with Crippen molar-refractivity contribution in [3.8, 4) is 0 Å². The number of nitrogens with one attached hydrogen (secondary N) is 3. The molecule has 0 radical (unpaired) electrons. The van der Waals surface area contributed by atoms with Gasteiger partial charge in [-0.15, -0.1) is 0 Å². The van der Waals surface area contributed by atoms with Gasteiger partial charge in [0.15, 0.2) is 5.96 Å². The second-order valence-corrected chi connectivity index (χ2v) is 6.17. The van der Waals surface area contributed by atoms with E-state index in [-0.39, 0.29) is 11.8 Å². The van der Waals surface area contributed by atoms with E-state index in [9.17, 15) is 4.79 Å². The molecule has 0 heterocycles. The van der Waals surface area contributed by atoms with E-state index in [1.807, 2.05) is 0 Å². The van der Waals surface area contributed by atoms with Gasteiger partial charge in [-0.3, -0.25) is 9.79 Å². The molecule has 0 saturated heterocycles. The number of aliphatic imine (C=N–C) groups is 1. The molecule has 5 heteroatoms. The lowest BCUT2D eigenvalue weighted by Gasteiger charge is -2.20. The van der Waals surface area contributed by atoms with Gasteiger partial charge in [-0.25, -0.2) is 0 Å². The van der Waals surface area contributed by atoms with Crippen LogP contribution < -0.4 is 16.0 Å². The first kappa shape index (κ1) is 16.8. The number of hydrogen-bond acceptors (Lipinski definition) is 2. The molecule has 1 fully saturated rings. The maximum Gasteiger partial charge on any atom is 0.223 e. The van der Waals surface area contributed by atoms with Crippen LogP contribution in [0.25, 0.3) is 0 Å². The summed E-state index contributed by atoms with van der Waals surface area (Å²) in [5.41, 5.74) is 0. The van der Waals surface area contributed by atoms with Gasteiger partial charge in [-0.2, -0.15) is 0 Å². The normalized spacial score (nSPS) is 20.1. The number of carbonyl (C=O) groups is 1. The van der Waals surface area contributed by atoms with Crippen molar-refractivity contribution < 1.29 is 4.79 Å². The predicted octanol–water partition coefficient (Wildman–Crippen LogP) is 1.96. The first-order valence-corrected chi connectivity index (χ1v) is 8.77. The fraction of sp³-hybridized carbons (Fsp3) is 0.765. The molecule has 2 rings (SSSR count). The van der Waals surface area contributed by atoms with Crippen LogP contribution in [0.15, 0.2) is 17.1 Å². The molecule has 1 saturated carbocycles. The van der Waals surface area contributed by atoms with Crippen molar-refractivity contribution in [1.82, 2.24) is 16.0 Å². The van der Waals surface area contributed by atoms with Crippen LogP contribution in [-0.4, -0.2) is 37.5 Å². The molecule has 1 amide bonds. The Morgan fingerprint density at radius 1 is 1.14 bits per heavy atom. The SMILES string of the molecule is CCNC(=NCCNC(=O)C1CCCCC1)NC1CC=CC1. The van der Waals surface area contributed by atoms with Crippen LogP contribution in [0.5, 0.6) is 0 Å². The summed E-state index contributed by atoms with van der Waals surface area (Å²) in [4.78, 5) is 16.6. The molecular formula is C17H30N4O. The Hall–Kier alpha value is -1.52. The van der Waals surface area contributed by atoms with Crippen LogP contribution in [0.3, 0.4) is 0 Å². The highest BCUT2D eigenvalue weighted by Crippen LogP contribution is 2.23. The number of rotatable bonds is 6. The summed E-state index contributed by atoms with van der Waals surface area (Å²) in [6.45, 7) is 4.15. The number of hydrogen-bond donors (Lipinski definition) is 3. The lowest BCUT2D eigenvalue weighted by molar-refractivity contribution is -0.125. The van der Waals surface area contributed by atoms with Gasteiger partial charge in [0.1, 0.15) is 0 Å². The molecule has 0 aromatic heterocycles. The summed E-state index contributed by atoms with van der Waals surface area (Å²) >= 11 is 0. The van der Waals surface area contributed by atoms with Gasteiger partial charge in [0.2, 0.25) is 5.91 Å². The molecule has 0 aliphatic heterocycles. The molecule has 0 atom stereocenters. The minimum atomic E-state index is 0.216. The standard InChI is InChI=1S/C17H30N4O/c1-2-18-17(21-15-10-6-7-11-15)20-13-12-19-16(22)14-8-4-3-5-9-14/h6-7,14-15H,2-5,8-13H2,1H3,(H,19,22)(H2,18,20,21). The van der Waals surface area contributed by atoms with Crippen molar-refractivity contribution in [2.45, 2.75) is 57.9 Å². The Morgan fingerprint density at radius 3 is 2.55 bits per heavy atom. The van der Waals surface area contributed by atoms with E-state index in [2.05, 4.69) is 40.0 Å². The number of amides is 1. The molecule has 2 aliphatic rings. The highest BCUT2D eigenvalue weighted by atomic mass is 16.1. The summed E-state index contributed by atoms with van der Waals surface area (Å²) in [6.07, 6.45) is 12.3. The zero-order valence-corrected chi connectivity index (χ0v) is 13.7. The average molecular weight is 306 g/mol. The second kappa shape index (κ2) is 9.49. The summed E-state index contributed by atoms with van der Waals surface area (Å²) in [6, 6.07) is 0.453. The number of carbonyl (C=O) groups excluding carboxylic acids is 1. The minimum Gasteiger partial charge on any atom is -0.357 e. The molecule has 2 aliphatic carbocycles. The molecule has 0 aromatic carbocycles. The maximum absolute atomic E-state index is 12.0. The fourth-order valence-corrected chi connectivity index (χ4v) is 3.10. The third kappa shape index (κ3) is 5.70. The second-order valence-electron chi connectivity index (χ2n) is 6.17. The first-order chi connectivity index (χ1) is 10.8. The molecule has 5 nitrogen and oxygen atoms in total. The Balaban J connectivity index is 1.67. The molecule has 0 spiro atoms. The Labute approximate surface area is 134 Å². The van der Waals surface area contributed by atoms with Gasteiger partial charge >= 0.3 is 0 Å². The maximum atomic E-state index is 12.0. The average Bonchev–Trinajstić information content (AvgIpc) is 3.05. The smallest absolute Gasteiger partial charge is 0.223 e. The molecular weight excluding hydrogens is 276 g/mol. The van der Waals surface area contributed by atoms with Crippen LogP contribution in [0.2, 0.25) is 0 Å². The van der Waals surface area contributed by atoms with Gasteiger partial charge in [0.05, 0.1) is 6.54 Å². The Kier molecular flexibility index (Phi) is 7.26. The quantitative estimate of drug-likeness (QED) is 0.304. The van der Waals surface area contributed by atoms with E-state index in [4.69, 9.17) is 0 Å². The van der Waals surface area contributed by atoms with Crippen LogP contribution in [0.4, 0.5) is 0 Å². The monoisotopic (exact) mass is 306 g/mol. The van der Waals surface area contributed by atoms with Crippen LogP contribution >= 0.6 is 0 Å². The number of guanidine groups is 1. The highest BCUT2D eigenvalue weighted by Gasteiger charge is 2.20. The molecule has 3 N–H and O–H groups in total. The van der Waals surface area contributed by atoms with Crippen LogP contribution in [-0.2, 0) is 4.79 Å². The summed E-state index contributed by atoms with van der Waals surface area (Å²) in [5, 5.41) is 9.72. The highest BCUT2D eigenvalue weighted by molar-refractivity contribution is 5.80. The van der Waals surface area contributed by atoms with E-state index < -0.39 is 0 Å². The third-order valence-corrected chi connectivity index (χ3v) is 4.35. The lowest BCUT2D eigenvalue weighted by Crippen LogP contribution is -2.43. The largest absolute Gasteiger partial charge is 0.357 e. The van der Waals surface area contributed by atoms with Gasteiger partial charge in [0.25, 0.3) is 0 Å². The van der Waals surface area contributed by atoms with Crippen molar-refractivity contribution in [3.05, 3.63) is 12.2 Å². The number of nitrogens with zero attached hydrogens (tertiary/aromatic N) is 1. The van der Waals surface area contributed by atoms with Crippen molar-refractivity contribution in [2.24, 2.45) is 10.9 Å². The first-order valence-electron chi connectivity index (χ1n) is 8.77. The van der Waals surface area contributed by atoms with Crippen molar-refractivity contribution in [2.75, 3.05) is 19.6 Å². The summed E-state index contributed by atoms with van der Waals surface area (Å²) in [7, 11) is 0. The molecule has 0 bridgehead atoms. The lowest BCUT2D eigenvalue weighted by atomic mass is 9.89. The minimum absolute atomic E-state index is 0.216. The van der Waals surface area contributed by atoms with E-state index >= 15 is 0 Å². The van der Waals surface area contributed by atoms with Crippen molar-refractivity contribution in [1.29, 1.82) is 0 Å². The van der Waals surface area contributed by atoms with Crippen LogP contribution in [0, 0.1) is 5.92 Å². The van der Waals surface area contributed by atoms with E-state index in [1.165, 1.54) is 19.3 Å². The Bertz CT molecular complexity index is 391. The third-order valence-electron chi connectivity index (χ3n) is 4.35. The van der Waals surface area contributed by atoms with Gasteiger partial charge < -0.3 is 16.0 Å². The summed E-state index contributed by atoms with van der Waals surface area (Å²) in [5.74, 6) is 1.30. The van der Waals surface area contributed by atoms with Gasteiger partial charge in [-0.1, -0.05) is 31.4 Å². The molecule has 0 aromatic rings. The topological polar surface area (TPSA) is 65.5 Å². The van der Waals surface area contributed by atoms with E-state index in [1.54, 1.807) is 0 Å². The van der Waals surface area contributed by atoms with E-state index in [0.717, 1.165) is 38.2 Å². The molecule has 22 heavy (non-hydrogen) atoms. The van der Waals surface area contributed by atoms with Gasteiger partial charge in [0, 0.05) is 25.0 Å². The predicted molar refractivity (Wildman–Crippen MR) is 90.9 cm³/mol. The molecule has 124 valence electrons. The fourth-order valence-electron chi connectivity index (χ4n) is 3.10. The summed E-state index contributed by atoms with van der Waals surface area (Å²) < 4.78 is 0. The van der Waals surface area contributed by atoms with Crippen LogP contribution in [0.1, 0.15) is 51.9 Å². The van der Waals surface area contributed by atoms with Gasteiger partial charge in [-0.05, 0) is 32.6 Å². The van der Waals surface area contributed by atoms with Crippen molar-refractivity contribution in [3.63, 3.8) is 0 Å². The Morgan fingerprint density at radius 2 is 1.86 bits per heavy atom. The molecule has 0 unspecified atom stereocenters. The van der Waals surface area contributed by atoms with E-state index in [0.29, 0.717) is 19.1 Å².